The van der Waals surface area contributed by atoms with E-state index in [0.29, 0.717) is 6.04 Å². The first kappa shape index (κ1) is 12.6. The van der Waals surface area contributed by atoms with E-state index < -0.39 is 0 Å². The number of nitrogens with two attached hydrogens (primary N) is 1. The molecule has 1 saturated heterocycles. The summed E-state index contributed by atoms with van der Waals surface area (Å²) in [5.41, 5.74) is 7.05. The van der Waals surface area contributed by atoms with Crippen LogP contribution in [0.25, 0.3) is 0 Å². The minimum Gasteiger partial charge on any atom is -0.444 e. The van der Waals surface area contributed by atoms with Crippen LogP contribution in [0, 0.1) is 13.8 Å². The Kier molecular flexibility index (Phi) is 3.84. The smallest absolute Gasteiger partial charge is 0.208 e. The van der Waals surface area contributed by atoms with Gasteiger partial charge in [0.1, 0.15) is 5.76 Å². The van der Waals surface area contributed by atoms with E-state index in [1.165, 1.54) is 19.3 Å². The molecule has 2 atom stereocenters. The summed E-state index contributed by atoms with van der Waals surface area (Å²) in [7, 11) is 0. The molecule has 0 amide bonds. The fraction of sp³-hybridized carbons (Fsp3) is 0.769. The Morgan fingerprint density at radius 2 is 2.24 bits per heavy atom. The van der Waals surface area contributed by atoms with E-state index in [1.54, 1.807) is 0 Å². The van der Waals surface area contributed by atoms with E-state index in [2.05, 4.69) is 16.8 Å². The zero-order valence-electron chi connectivity index (χ0n) is 11.1. The average molecular weight is 237 g/mol. The van der Waals surface area contributed by atoms with Crippen molar-refractivity contribution in [3.63, 3.8) is 0 Å². The fourth-order valence-corrected chi connectivity index (χ4v) is 2.59. The summed E-state index contributed by atoms with van der Waals surface area (Å²) in [5, 5.41) is 0. The summed E-state index contributed by atoms with van der Waals surface area (Å²) in [4.78, 5) is 6.86. The highest BCUT2D eigenvalue weighted by molar-refractivity contribution is 5.05. The van der Waals surface area contributed by atoms with Gasteiger partial charge in [-0.25, -0.2) is 4.98 Å². The molecule has 2 heterocycles. The number of aryl methyl sites for hydroxylation is 2. The highest BCUT2D eigenvalue weighted by Gasteiger charge is 2.26. The summed E-state index contributed by atoms with van der Waals surface area (Å²) in [6, 6.07) is 0.684. The van der Waals surface area contributed by atoms with Crippen molar-refractivity contribution in [3.8, 4) is 0 Å². The topological polar surface area (TPSA) is 55.3 Å². The van der Waals surface area contributed by atoms with E-state index in [1.807, 2.05) is 13.8 Å². The zero-order valence-corrected chi connectivity index (χ0v) is 11.1. The Morgan fingerprint density at radius 3 is 2.82 bits per heavy atom. The summed E-state index contributed by atoms with van der Waals surface area (Å²) < 4.78 is 5.65. The highest BCUT2D eigenvalue weighted by Crippen LogP contribution is 2.21. The number of oxazole rings is 1. The van der Waals surface area contributed by atoms with Crippen molar-refractivity contribution in [3.05, 3.63) is 17.3 Å². The Balaban J connectivity index is 2.05. The number of piperidine rings is 1. The molecule has 0 spiro atoms. The molecular weight excluding hydrogens is 214 g/mol. The van der Waals surface area contributed by atoms with Gasteiger partial charge in [0, 0.05) is 12.1 Å². The van der Waals surface area contributed by atoms with Crippen LogP contribution < -0.4 is 5.73 Å². The molecule has 0 radical (unpaired) electrons. The molecule has 2 rings (SSSR count). The van der Waals surface area contributed by atoms with E-state index in [9.17, 15) is 0 Å². The quantitative estimate of drug-likeness (QED) is 0.873. The van der Waals surface area contributed by atoms with Crippen molar-refractivity contribution in [2.45, 2.75) is 58.7 Å². The van der Waals surface area contributed by atoms with Gasteiger partial charge in [0.2, 0.25) is 5.89 Å². The van der Waals surface area contributed by atoms with Crippen LogP contribution in [0.2, 0.25) is 0 Å². The van der Waals surface area contributed by atoms with Gasteiger partial charge >= 0.3 is 0 Å². The van der Waals surface area contributed by atoms with Gasteiger partial charge in [0.15, 0.2) is 0 Å². The molecule has 2 N–H and O–H groups in total. The van der Waals surface area contributed by atoms with Crippen molar-refractivity contribution in [2.24, 2.45) is 5.73 Å². The first-order valence-electron chi connectivity index (χ1n) is 6.50. The van der Waals surface area contributed by atoms with Gasteiger partial charge < -0.3 is 10.2 Å². The fourth-order valence-electron chi connectivity index (χ4n) is 2.59. The van der Waals surface area contributed by atoms with Crippen LogP contribution in [0.5, 0.6) is 0 Å². The second-order valence-electron chi connectivity index (χ2n) is 5.14. The third-order valence-electron chi connectivity index (χ3n) is 3.68. The van der Waals surface area contributed by atoms with Crippen LogP contribution in [0.1, 0.15) is 43.5 Å². The Morgan fingerprint density at radius 1 is 1.47 bits per heavy atom. The molecule has 4 heteroatoms. The highest BCUT2D eigenvalue weighted by atomic mass is 16.4. The molecule has 1 aliphatic heterocycles. The van der Waals surface area contributed by atoms with Crippen LogP contribution in [0.4, 0.5) is 0 Å². The van der Waals surface area contributed by atoms with Gasteiger partial charge in [0.25, 0.3) is 0 Å². The van der Waals surface area contributed by atoms with Crippen molar-refractivity contribution in [1.82, 2.24) is 9.88 Å². The lowest BCUT2D eigenvalue weighted by molar-refractivity contribution is 0.111. The van der Waals surface area contributed by atoms with Gasteiger partial charge in [-0.05, 0) is 40.2 Å². The lowest BCUT2D eigenvalue weighted by atomic mass is 9.97. The van der Waals surface area contributed by atoms with Crippen molar-refractivity contribution >= 4 is 0 Å². The molecule has 2 unspecified atom stereocenters. The molecule has 0 aliphatic carbocycles. The SMILES string of the molecule is Cc1nc(CN2CCCCC2C(C)N)oc1C. The monoisotopic (exact) mass is 237 g/mol. The zero-order chi connectivity index (χ0) is 12.4. The standard InChI is InChI=1S/C13H23N3O/c1-9(14)12-6-4-5-7-16(12)8-13-15-10(2)11(3)17-13/h9,12H,4-8,14H2,1-3H3. The summed E-state index contributed by atoms with van der Waals surface area (Å²) in [5.74, 6) is 1.75. The molecule has 0 aromatic carbocycles. The first-order chi connectivity index (χ1) is 8.08. The number of likely N-dealkylation sites (tertiary alicyclic amines) is 1. The predicted octanol–water partition coefficient (Wildman–Crippen LogP) is 1.99. The normalized spacial score (nSPS) is 23.9. The number of hydrogen-bond acceptors (Lipinski definition) is 4. The molecule has 96 valence electrons. The van der Waals surface area contributed by atoms with Gasteiger partial charge in [0.05, 0.1) is 12.2 Å². The third-order valence-corrected chi connectivity index (χ3v) is 3.68. The van der Waals surface area contributed by atoms with E-state index >= 15 is 0 Å². The van der Waals surface area contributed by atoms with Crippen molar-refractivity contribution < 1.29 is 4.42 Å². The molecule has 0 bridgehead atoms. The maximum atomic E-state index is 6.05. The maximum absolute atomic E-state index is 6.05. The van der Waals surface area contributed by atoms with Gasteiger partial charge in [-0.3, -0.25) is 4.90 Å². The maximum Gasteiger partial charge on any atom is 0.208 e. The molecule has 0 saturated carbocycles. The van der Waals surface area contributed by atoms with E-state index in [4.69, 9.17) is 10.2 Å². The second-order valence-corrected chi connectivity index (χ2v) is 5.14. The number of nitrogens with zero attached hydrogens (tertiary/aromatic N) is 2. The predicted molar refractivity (Wildman–Crippen MR) is 67.7 cm³/mol. The largest absolute Gasteiger partial charge is 0.444 e. The van der Waals surface area contributed by atoms with Crippen LogP contribution in [-0.4, -0.2) is 28.5 Å². The molecule has 1 fully saturated rings. The van der Waals surface area contributed by atoms with Gasteiger partial charge in [-0.1, -0.05) is 6.42 Å². The van der Waals surface area contributed by atoms with E-state index in [0.717, 1.165) is 30.4 Å². The Bertz CT molecular complexity index is 353. The molecule has 1 aromatic rings. The molecule has 17 heavy (non-hydrogen) atoms. The number of aromatic nitrogens is 1. The minimum absolute atomic E-state index is 0.215. The van der Waals surface area contributed by atoms with Gasteiger partial charge in [-0.15, -0.1) is 0 Å². The summed E-state index contributed by atoms with van der Waals surface area (Å²) >= 11 is 0. The molecule has 4 nitrogen and oxygen atoms in total. The number of rotatable bonds is 3. The third kappa shape index (κ3) is 2.87. The lowest BCUT2D eigenvalue weighted by Crippen LogP contribution is -2.48. The van der Waals surface area contributed by atoms with E-state index in [-0.39, 0.29) is 6.04 Å². The number of hydrogen-bond donors (Lipinski definition) is 1. The summed E-state index contributed by atoms with van der Waals surface area (Å²) in [6.45, 7) is 7.94. The van der Waals surface area contributed by atoms with Crippen LogP contribution in [-0.2, 0) is 6.54 Å². The van der Waals surface area contributed by atoms with Crippen LogP contribution in [0.15, 0.2) is 4.42 Å². The molecular formula is C13H23N3O. The van der Waals surface area contributed by atoms with Crippen LogP contribution in [0.3, 0.4) is 0 Å². The lowest BCUT2D eigenvalue weighted by Gasteiger charge is -2.37. The molecule has 1 aromatic heterocycles. The van der Waals surface area contributed by atoms with Crippen molar-refractivity contribution in [1.29, 1.82) is 0 Å². The van der Waals surface area contributed by atoms with Crippen molar-refractivity contribution in [2.75, 3.05) is 6.54 Å². The van der Waals surface area contributed by atoms with Gasteiger partial charge in [-0.2, -0.15) is 0 Å². The molecule has 1 aliphatic rings. The second kappa shape index (κ2) is 5.19. The average Bonchev–Trinajstić information content (AvgIpc) is 2.58. The summed E-state index contributed by atoms with van der Waals surface area (Å²) in [6.07, 6.45) is 3.73. The van der Waals surface area contributed by atoms with Crippen LogP contribution >= 0.6 is 0 Å². The Hall–Kier alpha value is -0.870. The first-order valence-corrected chi connectivity index (χ1v) is 6.50. The minimum atomic E-state index is 0.215. The Labute approximate surface area is 103 Å².